The van der Waals surface area contributed by atoms with Crippen molar-refractivity contribution in [3.8, 4) is 0 Å². The van der Waals surface area contributed by atoms with Crippen LogP contribution >= 0.6 is 27.3 Å². The summed E-state index contributed by atoms with van der Waals surface area (Å²) in [6.07, 6.45) is 0. The topological polar surface area (TPSA) is 41.6 Å². The zero-order valence-electron chi connectivity index (χ0n) is 10.5. The standard InChI is InChI=1S/C14H14BrN3S/c1-9-2-7-13(19-9)12-8-17-14(16)18(12)11-5-3-10(15)4-6-11/h2-7,12H,8H2,1H3,(H2,16,17). The predicted octanol–water partition coefficient (Wildman–Crippen LogP) is 3.70. The van der Waals surface area contributed by atoms with Gasteiger partial charge in [-0.25, -0.2) is 0 Å². The van der Waals surface area contributed by atoms with Crippen LogP contribution in [0.4, 0.5) is 5.69 Å². The molecule has 1 aromatic carbocycles. The van der Waals surface area contributed by atoms with Crippen molar-refractivity contribution in [2.24, 2.45) is 10.7 Å². The Morgan fingerprint density at radius 1 is 1.26 bits per heavy atom. The number of thiophene rings is 1. The minimum absolute atomic E-state index is 0.222. The summed E-state index contributed by atoms with van der Waals surface area (Å²) in [4.78, 5) is 9.13. The maximum atomic E-state index is 6.05. The van der Waals surface area contributed by atoms with E-state index in [1.165, 1.54) is 9.75 Å². The van der Waals surface area contributed by atoms with Crippen molar-refractivity contribution in [2.45, 2.75) is 13.0 Å². The Kier molecular flexibility index (Phi) is 3.33. The molecule has 3 rings (SSSR count). The Labute approximate surface area is 124 Å². The van der Waals surface area contributed by atoms with E-state index in [9.17, 15) is 0 Å². The molecule has 0 saturated carbocycles. The molecule has 1 atom stereocenters. The summed E-state index contributed by atoms with van der Waals surface area (Å²) >= 11 is 5.26. The average Bonchev–Trinajstić information content (AvgIpc) is 2.97. The van der Waals surface area contributed by atoms with Gasteiger partial charge in [-0.15, -0.1) is 11.3 Å². The average molecular weight is 336 g/mol. The first-order chi connectivity index (χ1) is 9.15. The highest BCUT2D eigenvalue weighted by Crippen LogP contribution is 2.34. The van der Waals surface area contributed by atoms with Gasteiger partial charge in [0.2, 0.25) is 0 Å². The second-order valence-electron chi connectivity index (χ2n) is 4.51. The maximum Gasteiger partial charge on any atom is 0.196 e. The first-order valence-corrected chi connectivity index (χ1v) is 7.67. The van der Waals surface area contributed by atoms with E-state index < -0.39 is 0 Å². The first kappa shape index (κ1) is 12.7. The number of rotatable bonds is 2. The molecule has 0 bridgehead atoms. The fourth-order valence-corrected chi connectivity index (χ4v) is 3.49. The number of aliphatic imine (C=N–C) groups is 1. The van der Waals surface area contributed by atoms with Gasteiger partial charge in [-0.2, -0.15) is 0 Å². The molecule has 0 saturated heterocycles. The van der Waals surface area contributed by atoms with Crippen LogP contribution in [0.5, 0.6) is 0 Å². The number of nitrogens with zero attached hydrogens (tertiary/aromatic N) is 2. The number of benzene rings is 1. The Balaban J connectivity index is 1.96. The molecular formula is C14H14BrN3S. The Morgan fingerprint density at radius 2 is 2.00 bits per heavy atom. The van der Waals surface area contributed by atoms with Crippen molar-refractivity contribution >= 4 is 38.9 Å². The van der Waals surface area contributed by atoms with Gasteiger partial charge < -0.3 is 10.6 Å². The predicted molar refractivity (Wildman–Crippen MR) is 84.9 cm³/mol. The lowest BCUT2D eigenvalue weighted by molar-refractivity contribution is 0.784. The number of guanidine groups is 1. The summed E-state index contributed by atoms with van der Waals surface area (Å²) in [7, 11) is 0. The second-order valence-corrected chi connectivity index (χ2v) is 6.74. The summed E-state index contributed by atoms with van der Waals surface area (Å²) < 4.78 is 1.06. The Morgan fingerprint density at radius 3 is 2.63 bits per heavy atom. The largest absolute Gasteiger partial charge is 0.369 e. The van der Waals surface area contributed by atoms with Gasteiger partial charge in [0, 0.05) is 19.9 Å². The van der Waals surface area contributed by atoms with Crippen LogP contribution < -0.4 is 10.6 Å². The van der Waals surface area contributed by atoms with Crippen LogP contribution in [0.3, 0.4) is 0 Å². The quantitative estimate of drug-likeness (QED) is 0.909. The van der Waals surface area contributed by atoms with Crippen LogP contribution in [0.25, 0.3) is 0 Å². The SMILES string of the molecule is Cc1ccc(C2CN=C(N)N2c2ccc(Br)cc2)s1. The van der Waals surface area contributed by atoms with Crippen molar-refractivity contribution in [1.82, 2.24) is 0 Å². The number of nitrogens with two attached hydrogens (primary N) is 1. The fraction of sp³-hybridized carbons (Fsp3) is 0.214. The monoisotopic (exact) mass is 335 g/mol. The van der Waals surface area contributed by atoms with Gasteiger partial charge in [-0.05, 0) is 43.3 Å². The van der Waals surface area contributed by atoms with Crippen molar-refractivity contribution in [3.63, 3.8) is 0 Å². The number of hydrogen-bond acceptors (Lipinski definition) is 4. The van der Waals surface area contributed by atoms with Crippen LogP contribution in [0.1, 0.15) is 15.8 Å². The van der Waals surface area contributed by atoms with Crippen LogP contribution in [-0.4, -0.2) is 12.5 Å². The fourth-order valence-electron chi connectivity index (χ4n) is 2.26. The first-order valence-electron chi connectivity index (χ1n) is 6.06. The van der Waals surface area contributed by atoms with Gasteiger partial charge in [-0.3, -0.25) is 4.99 Å². The summed E-state index contributed by atoms with van der Waals surface area (Å²) in [5.41, 5.74) is 7.13. The lowest BCUT2D eigenvalue weighted by Crippen LogP contribution is -2.35. The van der Waals surface area contributed by atoms with Crippen LogP contribution in [0, 0.1) is 6.92 Å². The molecule has 1 aliphatic heterocycles. The molecule has 1 unspecified atom stereocenters. The van der Waals surface area contributed by atoms with E-state index in [1.807, 2.05) is 23.5 Å². The van der Waals surface area contributed by atoms with Gasteiger partial charge in [0.15, 0.2) is 5.96 Å². The summed E-state index contributed by atoms with van der Waals surface area (Å²) in [6.45, 7) is 2.85. The molecule has 3 nitrogen and oxygen atoms in total. The maximum absolute atomic E-state index is 6.05. The molecule has 2 aromatic rings. The third-order valence-electron chi connectivity index (χ3n) is 3.18. The lowest BCUT2D eigenvalue weighted by atomic mass is 10.2. The molecule has 0 fully saturated rings. The molecule has 5 heteroatoms. The van der Waals surface area contributed by atoms with Crippen LogP contribution in [0.15, 0.2) is 45.9 Å². The highest BCUT2D eigenvalue weighted by molar-refractivity contribution is 9.10. The highest BCUT2D eigenvalue weighted by atomic mass is 79.9. The van der Waals surface area contributed by atoms with Crippen molar-refractivity contribution in [1.29, 1.82) is 0 Å². The number of hydrogen-bond donors (Lipinski definition) is 1. The highest BCUT2D eigenvalue weighted by Gasteiger charge is 2.29. The van der Waals surface area contributed by atoms with E-state index in [-0.39, 0.29) is 6.04 Å². The molecule has 0 radical (unpaired) electrons. The second kappa shape index (κ2) is 4.98. The summed E-state index contributed by atoms with van der Waals surface area (Å²) in [6, 6.07) is 12.7. The summed E-state index contributed by atoms with van der Waals surface area (Å²) in [5.74, 6) is 0.596. The summed E-state index contributed by atoms with van der Waals surface area (Å²) in [5, 5.41) is 0. The molecule has 19 heavy (non-hydrogen) atoms. The molecule has 0 aliphatic carbocycles. The lowest BCUT2D eigenvalue weighted by Gasteiger charge is -2.25. The van der Waals surface area contributed by atoms with Gasteiger partial charge in [-0.1, -0.05) is 15.9 Å². The van der Waals surface area contributed by atoms with Gasteiger partial charge >= 0.3 is 0 Å². The smallest absolute Gasteiger partial charge is 0.196 e. The van der Waals surface area contributed by atoms with E-state index >= 15 is 0 Å². The van der Waals surface area contributed by atoms with E-state index in [1.54, 1.807) is 0 Å². The minimum atomic E-state index is 0.222. The molecule has 2 N–H and O–H groups in total. The molecular weight excluding hydrogens is 322 g/mol. The molecule has 1 aromatic heterocycles. The minimum Gasteiger partial charge on any atom is -0.369 e. The van der Waals surface area contributed by atoms with E-state index in [4.69, 9.17) is 5.73 Å². The van der Waals surface area contributed by atoms with Crippen LogP contribution in [-0.2, 0) is 0 Å². The van der Waals surface area contributed by atoms with Gasteiger partial charge in [0.05, 0.1) is 12.6 Å². The number of halogens is 1. The zero-order valence-corrected chi connectivity index (χ0v) is 12.9. The van der Waals surface area contributed by atoms with E-state index in [2.05, 4.69) is 57.0 Å². The van der Waals surface area contributed by atoms with Crippen molar-refractivity contribution in [2.75, 3.05) is 11.4 Å². The molecule has 98 valence electrons. The van der Waals surface area contributed by atoms with E-state index in [0.29, 0.717) is 5.96 Å². The molecule has 2 heterocycles. The third kappa shape index (κ3) is 2.40. The van der Waals surface area contributed by atoms with Crippen molar-refractivity contribution in [3.05, 3.63) is 50.6 Å². The number of aryl methyl sites for hydroxylation is 1. The van der Waals surface area contributed by atoms with Gasteiger partial charge in [0.1, 0.15) is 0 Å². The number of anilines is 1. The normalized spacial score (nSPS) is 18.7. The van der Waals surface area contributed by atoms with Crippen molar-refractivity contribution < 1.29 is 0 Å². The van der Waals surface area contributed by atoms with E-state index in [0.717, 1.165) is 16.7 Å². The molecule has 1 aliphatic rings. The third-order valence-corrected chi connectivity index (χ3v) is 4.81. The molecule has 0 spiro atoms. The Hall–Kier alpha value is -1.33. The Bertz CT molecular complexity index is 618. The zero-order chi connectivity index (χ0) is 13.4. The van der Waals surface area contributed by atoms with Crippen LogP contribution in [0.2, 0.25) is 0 Å². The van der Waals surface area contributed by atoms with Gasteiger partial charge in [0.25, 0.3) is 0 Å². The molecule has 0 amide bonds.